The number of nitrogen functional groups attached to an aromatic ring is 2. The molecule has 2 rings (SSSR count). The van der Waals surface area contributed by atoms with Gasteiger partial charge in [-0.25, -0.2) is 4.98 Å². The SMILES string of the molecule is Nc1cn2c(N)nnc2cn1. The van der Waals surface area contributed by atoms with Crippen molar-refractivity contribution in [2.45, 2.75) is 0 Å². The summed E-state index contributed by atoms with van der Waals surface area (Å²) in [5, 5.41) is 7.36. The average molecular weight is 150 g/mol. The van der Waals surface area contributed by atoms with Crippen LogP contribution in [0.4, 0.5) is 11.8 Å². The van der Waals surface area contributed by atoms with Crippen molar-refractivity contribution in [3.8, 4) is 0 Å². The van der Waals surface area contributed by atoms with Crippen LogP contribution in [0.5, 0.6) is 0 Å². The van der Waals surface area contributed by atoms with Crippen molar-refractivity contribution >= 4 is 17.4 Å². The second-order valence-corrected chi connectivity index (χ2v) is 2.10. The number of hydrogen-bond acceptors (Lipinski definition) is 5. The van der Waals surface area contributed by atoms with Gasteiger partial charge in [-0.2, -0.15) is 0 Å². The van der Waals surface area contributed by atoms with Crippen LogP contribution < -0.4 is 11.5 Å². The van der Waals surface area contributed by atoms with Crippen molar-refractivity contribution in [1.82, 2.24) is 19.6 Å². The molecule has 0 spiro atoms. The Morgan fingerprint density at radius 3 is 2.91 bits per heavy atom. The third kappa shape index (κ3) is 0.759. The van der Waals surface area contributed by atoms with Gasteiger partial charge in [0.15, 0.2) is 5.65 Å². The molecule has 0 aliphatic heterocycles. The van der Waals surface area contributed by atoms with Crippen molar-refractivity contribution in [3.05, 3.63) is 12.4 Å². The summed E-state index contributed by atoms with van der Waals surface area (Å²) in [7, 11) is 0. The average Bonchev–Trinajstić information content (AvgIpc) is 2.33. The Morgan fingerprint density at radius 2 is 2.09 bits per heavy atom. The van der Waals surface area contributed by atoms with Crippen molar-refractivity contribution in [1.29, 1.82) is 0 Å². The van der Waals surface area contributed by atoms with E-state index in [0.29, 0.717) is 17.4 Å². The Hall–Kier alpha value is -1.85. The van der Waals surface area contributed by atoms with E-state index in [1.165, 1.54) is 6.20 Å². The standard InChI is InChI=1S/C5H6N6/c6-3-2-11-4(1-8-3)9-10-5(11)7/h1-2H,6H2,(H2,7,10). The van der Waals surface area contributed by atoms with Gasteiger partial charge < -0.3 is 11.5 Å². The highest BCUT2D eigenvalue weighted by Gasteiger charge is 1.99. The summed E-state index contributed by atoms with van der Waals surface area (Å²) >= 11 is 0. The van der Waals surface area contributed by atoms with Crippen molar-refractivity contribution in [2.24, 2.45) is 0 Å². The van der Waals surface area contributed by atoms with E-state index in [2.05, 4.69) is 15.2 Å². The number of rotatable bonds is 0. The lowest BCUT2D eigenvalue weighted by atomic mass is 10.6. The number of nitrogens with two attached hydrogens (primary N) is 2. The molecule has 6 heteroatoms. The van der Waals surface area contributed by atoms with E-state index < -0.39 is 0 Å². The fourth-order valence-corrected chi connectivity index (χ4v) is 0.834. The Bertz CT molecular complexity index is 391. The molecule has 11 heavy (non-hydrogen) atoms. The van der Waals surface area contributed by atoms with E-state index in [4.69, 9.17) is 11.5 Å². The zero-order valence-corrected chi connectivity index (χ0v) is 5.60. The van der Waals surface area contributed by atoms with E-state index in [-0.39, 0.29) is 0 Å². The highest BCUT2D eigenvalue weighted by Crippen LogP contribution is 2.04. The zero-order chi connectivity index (χ0) is 7.84. The Balaban J connectivity index is 2.87. The summed E-state index contributed by atoms with van der Waals surface area (Å²) in [6, 6.07) is 0. The van der Waals surface area contributed by atoms with E-state index >= 15 is 0 Å². The molecule has 0 unspecified atom stereocenters. The molecule has 0 saturated carbocycles. The molecule has 0 aliphatic carbocycles. The van der Waals surface area contributed by atoms with Crippen LogP contribution in [0, 0.1) is 0 Å². The molecule has 2 aromatic heterocycles. The molecule has 0 aromatic carbocycles. The lowest BCUT2D eigenvalue weighted by Crippen LogP contribution is -1.97. The summed E-state index contributed by atoms with van der Waals surface area (Å²) < 4.78 is 1.57. The minimum Gasteiger partial charge on any atom is -0.382 e. The second-order valence-electron chi connectivity index (χ2n) is 2.10. The highest BCUT2D eigenvalue weighted by atomic mass is 15.3. The summed E-state index contributed by atoms with van der Waals surface area (Å²) in [6.45, 7) is 0. The van der Waals surface area contributed by atoms with Crippen LogP contribution in [0.1, 0.15) is 0 Å². The van der Waals surface area contributed by atoms with Crippen molar-refractivity contribution in [3.63, 3.8) is 0 Å². The third-order valence-electron chi connectivity index (χ3n) is 1.34. The molecular weight excluding hydrogens is 144 g/mol. The Morgan fingerprint density at radius 1 is 1.27 bits per heavy atom. The second kappa shape index (κ2) is 1.82. The molecular formula is C5H6N6. The van der Waals surface area contributed by atoms with Crippen LogP contribution in [0.25, 0.3) is 5.65 Å². The molecule has 4 N–H and O–H groups in total. The minimum absolute atomic E-state index is 0.314. The largest absolute Gasteiger partial charge is 0.382 e. The first kappa shape index (κ1) is 5.90. The topological polar surface area (TPSA) is 95.1 Å². The van der Waals surface area contributed by atoms with E-state index in [1.54, 1.807) is 10.6 Å². The van der Waals surface area contributed by atoms with Gasteiger partial charge in [0, 0.05) is 0 Å². The predicted molar refractivity (Wildman–Crippen MR) is 39.6 cm³/mol. The first-order valence-electron chi connectivity index (χ1n) is 2.99. The lowest BCUT2D eigenvalue weighted by molar-refractivity contribution is 1.12. The van der Waals surface area contributed by atoms with Gasteiger partial charge in [0.2, 0.25) is 5.95 Å². The van der Waals surface area contributed by atoms with Crippen LogP contribution in [0.2, 0.25) is 0 Å². The lowest BCUT2D eigenvalue weighted by Gasteiger charge is -1.93. The molecule has 0 radical (unpaired) electrons. The van der Waals surface area contributed by atoms with Crippen LogP contribution in [0.3, 0.4) is 0 Å². The van der Waals surface area contributed by atoms with Crippen LogP contribution in [0.15, 0.2) is 12.4 Å². The van der Waals surface area contributed by atoms with Gasteiger partial charge in [0.05, 0.1) is 12.4 Å². The fraction of sp³-hybridized carbons (Fsp3) is 0. The first-order chi connectivity index (χ1) is 5.27. The maximum Gasteiger partial charge on any atom is 0.226 e. The molecule has 2 heterocycles. The molecule has 2 aromatic rings. The van der Waals surface area contributed by atoms with E-state index in [0.717, 1.165) is 0 Å². The van der Waals surface area contributed by atoms with Gasteiger partial charge in [-0.3, -0.25) is 4.40 Å². The highest BCUT2D eigenvalue weighted by molar-refractivity contribution is 5.44. The number of hydrogen-bond donors (Lipinski definition) is 2. The monoisotopic (exact) mass is 150 g/mol. The molecule has 0 bridgehead atoms. The maximum atomic E-state index is 5.45. The zero-order valence-electron chi connectivity index (χ0n) is 5.60. The molecule has 0 atom stereocenters. The van der Waals surface area contributed by atoms with Gasteiger partial charge in [-0.1, -0.05) is 0 Å². The van der Waals surface area contributed by atoms with Gasteiger partial charge >= 0.3 is 0 Å². The van der Waals surface area contributed by atoms with Gasteiger partial charge in [-0.05, 0) is 0 Å². The maximum absolute atomic E-state index is 5.45. The van der Waals surface area contributed by atoms with Crippen LogP contribution in [-0.2, 0) is 0 Å². The molecule has 6 nitrogen and oxygen atoms in total. The first-order valence-corrected chi connectivity index (χ1v) is 2.99. The Kier molecular flexibility index (Phi) is 0.974. The normalized spacial score (nSPS) is 10.5. The van der Waals surface area contributed by atoms with E-state index in [9.17, 15) is 0 Å². The Labute approximate surface area is 61.9 Å². The fourth-order valence-electron chi connectivity index (χ4n) is 0.834. The van der Waals surface area contributed by atoms with Crippen molar-refractivity contribution in [2.75, 3.05) is 11.5 Å². The summed E-state index contributed by atoms with van der Waals surface area (Å²) in [4.78, 5) is 3.82. The summed E-state index contributed by atoms with van der Waals surface area (Å²) in [5.74, 6) is 0.707. The van der Waals surface area contributed by atoms with Crippen LogP contribution >= 0.6 is 0 Å². The molecule has 0 fully saturated rings. The minimum atomic E-state index is 0.314. The molecule has 0 amide bonds. The van der Waals surface area contributed by atoms with E-state index in [1.807, 2.05) is 0 Å². The smallest absolute Gasteiger partial charge is 0.226 e. The number of aromatic nitrogens is 4. The van der Waals surface area contributed by atoms with Crippen molar-refractivity contribution < 1.29 is 0 Å². The number of nitrogens with zero attached hydrogens (tertiary/aromatic N) is 4. The molecule has 0 saturated heterocycles. The molecule has 0 aliphatic rings. The number of fused-ring (bicyclic) bond motifs is 1. The van der Waals surface area contributed by atoms with Crippen LogP contribution in [-0.4, -0.2) is 19.6 Å². The van der Waals surface area contributed by atoms with Gasteiger partial charge in [0.1, 0.15) is 5.82 Å². The van der Waals surface area contributed by atoms with Gasteiger partial charge in [0.25, 0.3) is 0 Å². The quantitative estimate of drug-likeness (QED) is 0.517. The summed E-state index contributed by atoms with van der Waals surface area (Å²) in [6.07, 6.45) is 3.09. The van der Waals surface area contributed by atoms with Gasteiger partial charge in [-0.15, -0.1) is 10.2 Å². The predicted octanol–water partition coefficient (Wildman–Crippen LogP) is -0.711. The third-order valence-corrected chi connectivity index (χ3v) is 1.34. The number of anilines is 2. The summed E-state index contributed by atoms with van der Waals surface area (Å²) in [5.41, 5.74) is 11.5. The molecule has 56 valence electrons.